The van der Waals surface area contributed by atoms with Crippen molar-refractivity contribution in [3.63, 3.8) is 0 Å². The lowest BCUT2D eigenvalue weighted by Gasteiger charge is -2.50. The minimum Gasteiger partial charge on any atom is -0.508 e. The fourth-order valence-electron chi connectivity index (χ4n) is 5.54. The lowest BCUT2D eigenvalue weighted by atomic mass is 9.56. The molecule has 0 radical (unpaired) electrons. The average molecular weight is 288 g/mol. The molecule has 2 saturated carbocycles. The second-order valence-corrected chi connectivity index (χ2v) is 8.06. The third-order valence-electron chi connectivity index (χ3n) is 6.66. The normalized spacial score (nSPS) is 42.7. The second-order valence-electron chi connectivity index (χ2n) is 7.44. The van der Waals surface area contributed by atoms with Gasteiger partial charge in [-0.2, -0.15) is 12.6 Å². The van der Waals surface area contributed by atoms with Gasteiger partial charge in [0.05, 0.1) is 0 Å². The minimum absolute atomic E-state index is 0.430. The van der Waals surface area contributed by atoms with Crippen LogP contribution in [0.25, 0.3) is 0 Å². The van der Waals surface area contributed by atoms with Crippen molar-refractivity contribution in [3.05, 3.63) is 29.3 Å². The summed E-state index contributed by atoms with van der Waals surface area (Å²) in [5, 5.41) is 10.3. The maximum absolute atomic E-state index is 9.70. The molecule has 1 aromatic rings. The number of aryl methyl sites for hydroxylation is 1. The van der Waals surface area contributed by atoms with Gasteiger partial charge in [0.2, 0.25) is 0 Å². The number of phenols is 1. The zero-order valence-electron chi connectivity index (χ0n) is 12.2. The van der Waals surface area contributed by atoms with E-state index in [1.54, 1.807) is 0 Å². The van der Waals surface area contributed by atoms with E-state index < -0.39 is 0 Å². The molecule has 0 amide bonds. The summed E-state index contributed by atoms with van der Waals surface area (Å²) in [7, 11) is 0. The van der Waals surface area contributed by atoms with Gasteiger partial charge >= 0.3 is 0 Å². The molecule has 1 nitrogen and oxygen atoms in total. The SMILES string of the molecule is C[C@]12CC[C@H]3c4ccc(O)cc4CC[C@@H]3[C@@H]1CC[C@@H]2S. The third kappa shape index (κ3) is 1.70. The van der Waals surface area contributed by atoms with Crippen molar-refractivity contribution in [2.24, 2.45) is 17.3 Å². The molecular weight excluding hydrogens is 264 g/mol. The number of phenolic OH excluding ortho intramolecular Hbond substituents is 1. The van der Waals surface area contributed by atoms with Gasteiger partial charge in [0, 0.05) is 5.25 Å². The van der Waals surface area contributed by atoms with Gasteiger partial charge in [0.15, 0.2) is 0 Å². The van der Waals surface area contributed by atoms with Gasteiger partial charge in [-0.3, -0.25) is 0 Å². The Morgan fingerprint density at radius 3 is 2.90 bits per heavy atom. The zero-order chi connectivity index (χ0) is 13.9. The lowest BCUT2D eigenvalue weighted by Crippen LogP contribution is -2.42. The molecule has 0 spiro atoms. The molecule has 1 N–H and O–H groups in total. The first-order valence-corrected chi connectivity index (χ1v) is 8.61. The molecular formula is C18H24OS. The van der Waals surface area contributed by atoms with Gasteiger partial charge in [0.25, 0.3) is 0 Å². The zero-order valence-corrected chi connectivity index (χ0v) is 13.1. The first-order valence-electron chi connectivity index (χ1n) is 8.09. The monoisotopic (exact) mass is 288 g/mol. The Morgan fingerprint density at radius 2 is 2.05 bits per heavy atom. The van der Waals surface area contributed by atoms with Crippen molar-refractivity contribution in [1.29, 1.82) is 0 Å². The largest absolute Gasteiger partial charge is 0.508 e. The Hall–Kier alpha value is -0.630. The van der Waals surface area contributed by atoms with Crippen molar-refractivity contribution in [2.75, 3.05) is 0 Å². The Kier molecular flexibility index (Phi) is 2.89. The fraction of sp³-hybridized carbons (Fsp3) is 0.667. The van der Waals surface area contributed by atoms with Crippen LogP contribution in [0, 0.1) is 17.3 Å². The molecule has 0 saturated heterocycles. The maximum Gasteiger partial charge on any atom is 0.115 e. The van der Waals surface area contributed by atoms with Crippen LogP contribution < -0.4 is 0 Å². The highest BCUT2D eigenvalue weighted by Gasteiger charge is 2.53. The highest BCUT2D eigenvalue weighted by atomic mass is 32.1. The highest BCUT2D eigenvalue weighted by Crippen LogP contribution is 2.62. The fourth-order valence-corrected chi connectivity index (χ4v) is 6.01. The van der Waals surface area contributed by atoms with Crippen LogP contribution in [0.1, 0.15) is 56.1 Å². The molecule has 108 valence electrons. The van der Waals surface area contributed by atoms with E-state index >= 15 is 0 Å². The van der Waals surface area contributed by atoms with E-state index in [1.165, 1.54) is 43.2 Å². The van der Waals surface area contributed by atoms with E-state index in [0.29, 0.717) is 16.4 Å². The van der Waals surface area contributed by atoms with Crippen LogP contribution >= 0.6 is 12.6 Å². The molecule has 3 aliphatic carbocycles. The van der Waals surface area contributed by atoms with Gasteiger partial charge in [-0.1, -0.05) is 13.0 Å². The summed E-state index contributed by atoms with van der Waals surface area (Å²) in [4.78, 5) is 0. The molecule has 0 unspecified atom stereocenters. The van der Waals surface area contributed by atoms with Crippen LogP contribution in [0.2, 0.25) is 0 Å². The molecule has 5 atom stereocenters. The van der Waals surface area contributed by atoms with E-state index in [-0.39, 0.29) is 0 Å². The smallest absolute Gasteiger partial charge is 0.115 e. The van der Waals surface area contributed by atoms with E-state index in [9.17, 15) is 5.11 Å². The molecule has 0 heterocycles. The van der Waals surface area contributed by atoms with Crippen LogP contribution in [-0.2, 0) is 6.42 Å². The standard InChI is InChI=1S/C18H24OS/c1-18-9-8-14-13-5-3-12(19)10-11(13)2-4-15(14)16(18)6-7-17(18)20/h3,5,10,14-17,19-20H,2,4,6-9H2,1H3/t14-,15-,16-,17-,18-/m0/s1. The van der Waals surface area contributed by atoms with Crippen molar-refractivity contribution in [1.82, 2.24) is 0 Å². The Bertz CT molecular complexity index is 540. The van der Waals surface area contributed by atoms with Crippen LogP contribution in [0.4, 0.5) is 0 Å². The molecule has 2 heteroatoms. The molecule has 20 heavy (non-hydrogen) atoms. The summed E-state index contributed by atoms with van der Waals surface area (Å²) < 4.78 is 0. The quantitative estimate of drug-likeness (QED) is 0.671. The first-order chi connectivity index (χ1) is 9.59. The number of fused-ring (bicyclic) bond motifs is 5. The van der Waals surface area contributed by atoms with Crippen molar-refractivity contribution >= 4 is 12.6 Å². The number of benzene rings is 1. The Labute approximate surface area is 127 Å². The Balaban J connectivity index is 1.71. The van der Waals surface area contributed by atoms with Crippen LogP contribution in [0.15, 0.2) is 18.2 Å². The van der Waals surface area contributed by atoms with Gasteiger partial charge in [0.1, 0.15) is 5.75 Å². The molecule has 2 fully saturated rings. The van der Waals surface area contributed by atoms with Crippen molar-refractivity contribution in [2.45, 2.75) is 56.6 Å². The number of hydrogen-bond donors (Lipinski definition) is 2. The number of hydrogen-bond acceptors (Lipinski definition) is 2. The molecule has 0 bridgehead atoms. The summed E-state index contributed by atoms with van der Waals surface area (Å²) >= 11 is 4.89. The number of thiol groups is 1. The van der Waals surface area contributed by atoms with Gasteiger partial charge in [-0.25, -0.2) is 0 Å². The number of aromatic hydroxyl groups is 1. The lowest BCUT2D eigenvalue weighted by molar-refractivity contribution is 0.0633. The van der Waals surface area contributed by atoms with Crippen LogP contribution in [-0.4, -0.2) is 10.4 Å². The molecule has 4 rings (SSSR count). The second kappa shape index (κ2) is 4.43. The maximum atomic E-state index is 9.70. The van der Waals surface area contributed by atoms with E-state index in [1.807, 2.05) is 12.1 Å². The molecule has 0 aliphatic heterocycles. The van der Waals surface area contributed by atoms with Gasteiger partial charge in [-0.05, 0) is 85.0 Å². The topological polar surface area (TPSA) is 20.2 Å². The Morgan fingerprint density at radius 1 is 1.20 bits per heavy atom. The van der Waals surface area contributed by atoms with E-state index in [0.717, 1.165) is 24.2 Å². The highest BCUT2D eigenvalue weighted by molar-refractivity contribution is 7.81. The average Bonchev–Trinajstić information content (AvgIpc) is 2.74. The molecule has 1 aromatic carbocycles. The first kappa shape index (κ1) is 13.1. The van der Waals surface area contributed by atoms with Crippen molar-refractivity contribution < 1.29 is 5.11 Å². The van der Waals surface area contributed by atoms with E-state index in [2.05, 4.69) is 13.0 Å². The predicted octanol–water partition coefficient (Wildman–Crippen LogP) is 4.55. The summed E-state index contributed by atoms with van der Waals surface area (Å²) in [5.74, 6) is 2.88. The number of rotatable bonds is 0. The molecule has 3 aliphatic rings. The van der Waals surface area contributed by atoms with Gasteiger partial charge in [-0.15, -0.1) is 0 Å². The van der Waals surface area contributed by atoms with Crippen molar-refractivity contribution in [3.8, 4) is 5.75 Å². The third-order valence-corrected chi connectivity index (χ3v) is 7.51. The van der Waals surface area contributed by atoms with E-state index in [4.69, 9.17) is 12.6 Å². The van der Waals surface area contributed by atoms with Crippen LogP contribution in [0.5, 0.6) is 5.75 Å². The predicted molar refractivity (Wildman–Crippen MR) is 85.5 cm³/mol. The summed E-state index contributed by atoms with van der Waals surface area (Å²) in [6, 6.07) is 6.07. The van der Waals surface area contributed by atoms with Crippen LogP contribution in [0.3, 0.4) is 0 Å². The summed E-state index contributed by atoms with van der Waals surface area (Å²) in [5.41, 5.74) is 3.40. The summed E-state index contributed by atoms with van der Waals surface area (Å²) in [6.45, 7) is 2.49. The minimum atomic E-state index is 0.430. The summed E-state index contributed by atoms with van der Waals surface area (Å²) in [6.07, 6.45) is 7.77. The van der Waals surface area contributed by atoms with Gasteiger partial charge < -0.3 is 5.11 Å². The molecule has 0 aromatic heterocycles.